The summed E-state index contributed by atoms with van der Waals surface area (Å²) >= 11 is 0. The number of aromatic hydroxyl groups is 1. The van der Waals surface area contributed by atoms with E-state index in [2.05, 4.69) is 22.5 Å². The first kappa shape index (κ1) is 54.3. The van der Waals surface area contributed by atoms with Crippen LogP contribution in [-0.4, -0.2) is 112 Å². The van der Waals surface area contributed by atoms with Crippen LogP contribution >= 0.6 is 0 Å². The summed E-state index contributed by atoms with van der Waals surface area (Å²) in [7, 11) is 3.16. The molecule has 0 spiro atoms. The third kappa shape index (κ3) is 11.0. The van der Waals surface area contributed by atoms with Crippen molar-refractivity contribution < 1.29 is 59.2 Å². The van der Waals surface area contributed by atoms with Crippen molar-refractivity contribution in [3.05, 3.63) is 99.1 Å². The van der Waals surface area contributed by atoms with Crippen LogP contribution in [0.1, 0.15) is 160 Å². The van der Waals surface area contributed by atoms with Gasteiger partial charge in [-0.25, -0.2) is 4.79 Å². The number of rotatable bonds is 11. The van der Waals surface area contributed by atoms with E-state index in [0.29, 0.717) is 58.5 Å². The van der Waals surface area contributed by atoms with Gasteiger partial charge in [0.15, 0.2) is 0 Å². The molecule has 3 aromatic carbocycles. The van der Waals surface area contributed by atoms with Gasteiger partial charge in [0.25, 0.3) is 0 Å². The van der Waals surface area contributed by atoms with Gasteiger partial charge in [-0.2, -0.15) is 0 Å². The molecule has 13 atom stereocenters. The number of fused-ring (bicyclic) bond motifs is 9. The van der Waals surface area contributed by atoms with Crippen molar-refractivity contribution in [2.75, 3.05) is 39.2 Å². The molecular weight excluding hydrogens is 965 g/mol. The Morgan fingerprint density at radius 2 is 1.63 bits per heavy atom. The van der Waals surface area contributed by atoms with E-state index < -0.39 is 65.3 Å². The van der Waals surface area contributed by atoms with Crippen molar-refractivity contribution in [1.29, 1.82) is 0 Å². The Labute approximate surface area is 447 Å². The second-order valence-electron chi connectivity index (χ2n) is 23.7. The summed E-state index contributed by atoms with van der Waals surface area (Å²) in [5.41, 5.74) is 1.87. The van der Waals surface area contributed by atoms with E-state index in [0.717, 1.165) is 68.9 Å². The van der Waals surface area contributed by atoms with Crippen LogP contribution < -0.4 is 15.4 Å². The zero-order valence-electron chi connectivity index (χ0n) is 44.4. The molecular formula is C62H78N2O12. The number of carbonyl (C=O) groups excluding carboxylic acids is 3. The van der Waals surface area contributed by atoms with Gasteiger partial charge in [-0.15, -0.1) is 0 Å². The van der Waals surface area contributed by atoms with Gasteiger partial charge in [-0.3, -0.25) is 9.59 Å². The topological polar surface area (TPSA) is 224 Å². The Hall–Kier alpha value is -5.11. The van der Waals surface area contributed by atoms with Crippen LogP contribution in [0.25, 0.3) is 0 Å². The van der Waals surface area contributed by atoms with Crippen LogP contribution in [0.2, 0.25) is 0 Å². The number of aliphatic hydroxyl groups is 5. The smallest absolute Gasteiger partial charge is 0.334 e. The highest BCUT2D eigenvalue weighted by Gasteiger charge is 2.62. The molecule has 4 saturated carbocycles. The molecule has 4 fully saturated rings. The maximum absolute atomic E-state index is 15.8. The number of carbonyl (C=O) groups is 3. The number of hydrogen-bond acceptors (Lipinski definition) is 14. The van der Waals surface area contributed by atoms with E-state index in [1.807, 2.05) is 42.5 Å². The highest BCUT2D eigenvalue weighted by Crippen LogP contribution is 2.59. The van der Waals surface area contributed by atoms with E-state index in [4.69, 9.17) is 14.2 Å². The Balaban J connectivity index is 1.19. The van der Waals surface area contributed by atoms with Crippen molar-refractivity contribution >= 4 is 23.4 Å². The molecule has 76 heavy (non-hydrogen) atoms. The van der Waals surface area contributed by atoms with Gasteiger partial charge in [-0.05, 0) is 141 Å². The highest BCUT2D eigenvalue weighted by atomic mass is 16.6. The molecule has 10 bridgehead atoms. The summed E-state index contributed by atoms with van der Waals surface area (Å²) in [5.74, 6) is 3.34. The number of ether oxygens (including phenoxy) is 3. The lowest BCUT2D eigenvalue weighted by molar-refractivity contribution is -0.228. The minimum absolute atomic E-state index is 0.0317. The minimum Gasteiger partial charge on any atom is -0.507 e. The van der Waals surface area contributed by atoms with Gasteiger partial charge in [-0.1, -0.05) is 80.7 Å². The fourth-order valence-corrected chi connectivity index (χ4v) is 14.7. The van der Waals surface area contributed by atoms with Gasteiger partial charge < -0.3 is 55.5 Å². The third-order valence-electron chi connectivity index (χ3n) is 18.6. The van der Waals surface area contributed by atoms with Crippen molar-refractivity contribution in [3.8, 4) is 23.3 Å². The fourth-order valence-electron chi connectivity index (χ4n) is 14.7. The quantitative estimate of drug-likeness (QED) is 0.0544. The molecule has 0 amide bonds. The average molecular weight is 1040 g/mol. The number of nitrogens with one attached hydrogen (secondary N) is 2. The number of ketones is 1. The van der Waals surface area contributed by atoms with Crippen molar-refractivity contribution in [2.24, 2.45) is 29.6 Å². The minimum atomic E-state index is -1.63. The molecule has 8 N–H and O–H groups in total. The number of methoxy groups -OCH3 is 1. The zero-order chi connectivity index (χ0) is 53.5. The first-order chi connectivity index (χ1) is 36.5. The van der Waals surface area contributed by atoms with Crippen LogP contribution in [0.5, 0.6) is 11.5 Å². The monoisotopic (exact) mass is 1040 g/mol. The number of aliphatic hydroxyl groups excluding tert-OH is 3. The lowest BCUT2D eigenvalue weighted by atomic mass is 9.48. The number of benzene rings is 3. The van der Waals surface area contributed by atoms with E-state index in [1.165, 1.54) is 20.1 Å². The average Bonchev–Trinajstić information content (AvgIpc) is 3.54. The summed E-state index contributed by atoms with van der Waals surface area (Å²) in [6, 6.07) is 15.2. The molecule has 0 saturated heterocycles. The summed E-state index contributed by atoms with van der Waals surface area (Å²) in [6.07, 6.45) is 6.72. The van der Waals surface area contributed by atoms with Crippen LogP contribution in [-0.2, 0) is 43.1 Å². The number of esters is 2. The molecule has 7 aliphatic rings. The van der Waals surface area contributed by atoms with E-state index in [9.17, 15) is 40.2 Å². The Kier molecular flexibility index (Phi) is 16.2. The molecule has 0 unspecified atom stereocenters. The second-order valence-corrected chi connectivity index (χ2v) is 23.7. The van der Waals surface area contributed by atoms with Crippen LogP contribution in [0, 0.1) is 41.4 Å². The number of anilines is 1. The maximum Gasteiger partial charge on any atom is 0.334 e. The molecule has 14 nitrogen and oxygen atoms in total. The normalized spacial score (nSPS) is 32.0. The molecule has 10 rings (SSSR count). The van der Waals surface area contributed by atoms with Gasteiger partial charge in [0.1, 0.15) is 40.7 Å². The number of hydrogen-bond donors (Lipinski definition) is 8. The van der Waals surface area contributed by atoms with Crippen LogP contribution in [0.4, 0.5) is 5.69 Å². The van der Waals surface area contributed by atoms with Gasteiger partial charge in [0.2, 0.25) is 0 Å². The predicted molar refractivity (Wildman–Crippen MR) is 286 cm³/mol. The van der Waals surface area contributed by atoms with E-state index in [1.54, 1.807) is 13.1 Å². The highest BCUT2D eigenvalue weighted by molar-refractivity contribution is 5.89. The third-order valence-corrected chi connectivity index (χ3v) is 18.6. The van der Waals surface area contributed by atoms with Crippen molar-refractivity contribution in [1.82, 2.24) is 5.32 Å². The molecule has 3 heterocycles. The Bertz CT molecular complexity index is 2750. The van der Waals surface area contributed by atoms with Crippen molar-refractivity contribution in [3.63, 3.8) is 0 Å². The molecule has 0 radical (unpaired) electrons. The SMILES string of the molecule is CNC[C@H](O)c1cc(NC[C@@](C)(O)[C@H](O)COC)cc([C@H]2C#C[C@@H]3CC(=O)Oc4c3cc(c(O)c4C3CCCCC3)C[C@H]3OC(=O)/C(=C\[C@H](O)Cc4cccc(c4)C[C@@H]4C(=O)CC[C@@H]5[C@@H]4C[C@@H]4CCCC[C@H]4[C@]53O)C2)c1. The molecule has 408 valence electrons. The van der Waals surface area contributed by atoms with E-state index in [-0.39, 0.29) is 98.5 Å². The van der Waals surface area contributed by atoms with Crippen LogP contribution in [0.3, 0.4) is 0 Å². The van der Waals surface area contributed by atoms with Crippen LogP contribution in [0.15, 0.2) is 60.2 Å². The first-order valence-electron chi connectivity index (χ1n) is 28.2. The number of likely N-dealkylation sites (N-methyl/N-ethyl adjacent to an activating group) is 1. The summed E-state index contributed by atoms with van der Waals surface area (Å²) in [5, 5.41) is 79.3. The molecule has 3 aromatic rings. The fraction of sp³-hybridized carbons (Fsp3) is 0.597. The number of Topliss-reactive ketones (excluding diaryl/α,β-unsaturated/α-hetero) is 1. The summed E-state index contributed by atoms with van der Waals surface area (Å²) in [4.78, 5) is 44.0. The Morgan fingerprint density at radius 3 is 2.41 bits per heavy atom. The lowest BCUT2D eigenvalue weighted by Crippen LogP contribution is -2.65. The van der Waals surface area contributed by atoms with Gasteiger partial charge in [0, 0.05) is 73.7 Å². The summed E-state index contributed by atoms with van der Waals surface area (Å²) in [6.45, 7) is 1.47. The lowest BCUT2D eigenvalue weighted by Gasteiger charge is -2.59. The molecule has 14 heteroatoms. The largest absolute Gasteiger partial charge is 0.507 e. The number of phenols is 1. The first-order valence-corrected chi connectivity index (χ1v) is 28.2. The maximum atomic E-state index is 15.8. The number of phenolic OH excluding ortho intramolecular Hbond substituents is 1. The zero-order valence-corrected chi connectivity index (χ0v) is 44.4. The molecule has 4 aliphatic carbocycles. The predicted octanol–water partition coefficient (Wildman–Crippen LogP) is 7.14. The standard InChI is InChI=1S/C62H78N2O12/c1-61(72,54(68)33-74-3)34-64-45-25-41(24-42(26-45)53(67)32-63-2)38-16-17-39-31-56(69)76-59-47(39)29-43(58(70)57(59)37-12-5-4-6-13-37)30-55-62(73)50-15-8-7-14-40(50)28-48-49(52(66)19-18-51(48)62)22-36-11-9-10-35(20-36)21-46(65)27-44(23-38)60(71)75-55/h9-11,20,24-27,29,37-40,46,48-51,53-55,63-65,67-68,70,72-73H,4-8,12-15,18-19,21-23,28,30-34H2,1-3H3/b44-27-/t38-,39+,40-,46+,48+,49-,50+,51+,53-,54+,55+,61+,62-/m0/s1. The Morgan fingerprint density at radius 1 is 0.882 bits per heavy atom. The molecule has 3 aliphatic heterocycles. The molecule has 0 aromatic heterocycles. The van der Waals surface area contributed by atoms with Crippen molar-refractivity contribution in [2.45, 2.75) is 169 Å². The second kappa shape index (κ2) is 22.7. The van der Waals surface area contributed by atoms with Gasteiger partial charge in [0.05, 0.1) is 31.2 Å². The van der Waals surface area contributed by atoms with Gasteiger partial charge >= 0.3 is 11.9 Å². The summed E-state index contributed by atoms with van der Waals surface area (Å²) < 4.78 is 18.3. The van der Waals surface area contributed by atoms with E-state index >= 15 is 4.79 Å².